The average Bonchev–Trinajstić information content (AvgIpc) is 2.69. The van der Waals surface area contributed by atoms with Crippen molar-refractivity contribution in [1.29, 1.82) is 0 Å². The van der Waals surface area contributed by atoms with Crippen molar-refractivity contribution in [2.24, 2.45) is 0 Å². The Morgan fingerprint density at radius 2 is 1.20 bits per heavy atom. The van der Waals surface area contributed by atoms with E-state index in [1.807, 2.05) is 5.32 Å². The fourth-order valence-electron chi connectivity index (χ4n) is 2.79. The summed E-state index contributed by atoms with van der Waals surface area (Å²) in [4.78, 5) is 23.7. The van der Waals surface area contributed by atoms with E-state index in [-0.39, 0.29) is 47.7 Å². The van der Waals surface area contributed by atoms with Crippen LogP contribution >= 0.6 is 0 Å². The second kappa shape index (κ2) is 11.5. The monoisotopic (exact) mass is 418 g/mol. The second-order valence-corrected chi connectivity index (χ2v) is 6.92. The van der Waals surface area contributed by atoms with Crippen LogP contribution in [0.15, 0.2) is 36.4 Å². The molecule has 30 heavy (non-hydrogen) atoms. The number of hydrogen-bond acceptors (Lipinski definition) is 6. The van der Waals surface area contributed by atoms with Crippen LogP contribution in [0, 0.1) is 0 Å². The lowest BCUT2D eigenvalue weighted by Crippen LogP contribution is -2.86. The van der Waals surface area contributed by atoms with E-state index in [4.69, 9.17) is 0 Å². The molecular weight excluding hydrogens is 390 g/mol. The van der Waals surface area contributed by atoms with E-state index >= 15 is 0 Å². The molecule has 0 aromatic heterocycles. The molecule has 2 rings (SSSR count). The van der Waals surface area contributed by atoms with Crippen molar-refractivity contribution in [2.75, 3.05) is 26.2 Å². The van der Waals surface area contributed by atoms with Crippen LogP contribution in [-0.2, 0) is 22.4 Å². The van der Waals surface area contributed by atoms with Crippen LogP contribution < -0.4 is 16.0 Å². The van der Waals surface area contributed by atoms with E-state index in [0.29, 0.717) is 30.8 Å². The number of aromatic hydroxyl groups is 4. The number of carbonyl (C=O) groups is 2. The van der Waals surface area contributed by atoms with Gasteiger partial charge >= 0.3 is 0 Å². The van der Waals surface area contributed by atoms with Gasteiger partial charge in [-0.1, -0.05) is 12.1 Å². The Bertz CT molecular complexity index is 800. The molecule has 0 aliphatic rings. The number of amides is 2. The lowest BCUT2D eigenvalue weighted by atomic mass is 10.1. The predicted molar refractivity (Wildman–Crippen MR) is 109 cm³/mol. The summed E-state index contributed by atoms with van der Waals surface area (Å²) >= 11 is 0. The smallest absolute Gasteiger partial charge is 0.224 e. The highest BCUT2D eigenvalue weighted by molar-refractivity contribution is 5.79. The molecule has 0 fully saturated rings. The summed E-state index contributed by atoms with van der Waals surface area (Å²) in [6, 6.07) is 8.58. The maximum absolute atomic E-state index is 11.9. The molecule has 162 valence electrons. The van der Waals surface area contributed by atoms with Gasteiger partial charge in [0, 0.05) is 13.0 Å². The minimum atomic E-state index is -0.248. The first-order valence-corrected chi connectivity index (χ1v) is 9.72. The van der Waals surface area contributed by atoms with Crippen LogP contribution in [0.4, 0.5) is 0 Å². The van der Waals surface area contributed by atoms with Crippen molar-refractivity contribution in [3.05, 3.63) is 47.5 Å². The first kappa shape index (κ1) is 22.8. The summed E-state index contributed by atoms with van der Waals surface area (Å²) in [5.74, 6) is -1.26. The quantitative estimate of drug-likeness (QED) is 0.192. The Morgan fingerprint density at radius 1 is 0.700 bits per heavy atom. The van der Waals surface area contributed by atoms with Crippen molar-refractivity contribution in [3.8, 4) is 23.0 Å². The van der Waals surface area contributed by atoms with Crippen molar-refractivity contribution in [2.45, 2.75) is 19.3 Å². The number of rotatable bonds is 11. The Kier molecular flexibility index (Phi) is 8.76. The maximum Gasteiger partial charge on any atom is 0.224 e. The normalized spacial score (nSPS) is 10.5. The third kappa shape index (κ3) is 7.88. The van der Waals surface area contributed by atoms with Gasteiger partial charge in [0.25, 0.3) is 0 Å². The molecule has 0 heterocycles. The molecule has 2 amide bonds. The molecule has 9 nitrogen and oxygen atoms in total. The van der Waals surface area contributed by atoms with Gasteiger partial charge in [-0.05, 0) is 35.4 Å². The van der Waals surface area contributed by atoms with Gasteiger partial charge in [-0.15, -0.1) is 0 Å². The molecule has 0 aliphatic carbocycles. The van der Waals surface area contributed by atoms with Gasteiger partial charge in [-0.25, -0.2) is 0 Å². The molecule has 0 spiro atoms. The predicted octanol–water partition coefficient (Wildman–Crippen LogP) is -0.520. The van der Waals surface area contributed by atoms with Gasteiger partial charge in [0.1, 0.15) is 0 Å². The topological polar surface area (TPSA) is 156 Å². The lowest BCUT2D eigenvalue weighted by Gasteiger charge is -2.07. The van der Waals surface area contributed by atoms with Crippen LogP contribution in [0.5, 0.6) is 23.0 Å². The Balaban J connectivity index is 1.50. The fourth-order valence-corrected chi connectivity index (χ4v) is 2.79. The first-order valence-electron chi connectivity index (χ1n) is 9.72. The highest BCUT2D eigenvalue weighted by Crippen LogP contribution is 2.25. The third-order valence-corrected chi connectivity index (χ3v) is 4.39. The number of phenols is 4. The van der Waals surface area contributed by atoms with Gasteiger partial charge < -0.3 is 36.4 Å². The molecule has 0 bridgehead atoms. The Morgan fingerprint density at radius 3 is 1.70 bits per heavy atom. The van der Waals surface area contributed by atoms with Crippen molar-refractivity contribution < 1.29 is 35.3 Å². The molecule has 9 heteroatoms. The Labute approximate surface area is 174 Å². The number of nitrogens with one attached hydrogen (secondary N) is 2. The van der Waals surface area contributed by atoms with E-state index in [9.17, 15) is 30.0 Å². The molecule has 8 N–H and O–H groups in total. The van der Waals surface area contributed by atoms with Crippen molar-refractivity contribution in [1.82, 2.24) is 10.6 Å². The number of nitrogens with two attached hydrogens (primary N) is 1. The molecule has 2 aromatic rings. The first-order chi connectivity index (χ1) is 14.3. The van der Waals surface area contributed by atoms with E-state index in [1.54, 1.807) is 12.1 Å². The maximum atomic E-state index is 11.9. The van der Waals surface area contributed by atoms with Gasteiger partial charge in [0.05, 0.1) is 32.5 Å². The number of carbonyl (C=O) groups excluding carboxylic acids is 2. The van der Waals surface area contributed by atoms with Crippen LogP contribution in [0.3, 0.4) is 0 Å². The summed E-state index contributed by atoms with van der Waals surface area (Å²) in [5.41, 5.74) is 1.23. The van der Waals surface area contributed by atoms with Crippen LogP contribution in [-0.4, -0.2) is 58.4 Å². The second-order valence-electron chi connectivity index (χ2n) is 6.92. The van der Waals surface area contributed by atoms with E-state index in [0.717, 1.165) is 13.0 Å². The minimum absolute atomic E-state index is 0.124. The van der Waals surface area contributed by atoms with Crippen molar-refractivity contribution in [3.63, 3.8) is 0 Å². The molecule has 2 aromatic carbocycles. The van der Waals surface area contributed by atoms with Gasteiger partial charge in [-0.2, -0.15) is 0 Å². The zero-order chi connectivity index (χ0) is 21.9. The molecule has 0 saturated heterocycles. The van der Waals surface area contributed by atoms with Crippen LogP contribution in [0.1, 0.15) is 17.5 Å². The number of quaternary nitrogens is 1. The molecule has 0 aliphatic heterocycles. The number of phenolic OH excluding ortho intramolecular Hbond substituents is 4. The highest BCUT2D eigenvalue weighted by atomic mass is 16.3. The van der Waals surface area contributed by atoms with Gasteiger partial charge in [0.15, 0.2) is 23.0 Å². The molecule has 0 atom stereocenters. The summed E-state index contributed by atoms with van der Waals surface area (Å²) in [5, 5.41) is 45.0. The summed E-state index contributed by atoms with van der Waals surface area (Å²) < 4.78 is 0. The zero-order valence-corrected chi connectivity index (χ0v) is 16.6. The molecule has 0 radical (unpaired) electrons. The SMILES string of the molecule is O=C(Cc1ccc(O)c(O)c1)NCCC[NH2+]CCNC(=O)Cc1ccc(O)c(O)c1. The minimum Gasteiger partial charge on any atom is -0.504 e. The standard InChI is InChI=1S/C21H27N3O6/c25-16-4-2-14(10-18(16)27)12-20(29)23-7-1-6-22-8-9-24-21(30)13-15-3-5-17(26)19(28)11-15/h2-5,10-11,22,25-28H,1,6-9,12-13H2,(H,23,29)(H,24,30)/p+1. The summed E-state index contributed by atoms with van der Waals surface area (Å²) in [7, 11) is 0. The average molecular weight is 418 g/mol. The zero-order valence-electron chi connectivity index (χ0n) is 16.6. The van der Waals surface area contributed by atoms with E-state index in [1.165, 1.54) is 24.3 Å². The fraction of sp³-hybridized carbons (Fsp3) is 0.333. The van der Waals surface area contributed by atoms with E-state index < -0.39 is 0 Å². The summed E-state index contributed by atoms with van der Waals surface area (Å²) in [6.45, 7) is 2.52. The van der Waals surface area contributed by atoms with E-state index in [2.05, 4.69) is 10.6 Å². The molecule has 0 saturated carbocycles. The molecular formula is C21H28N3O6+. The van der Waals surface area contributed by atoms with Crippen molar-refractivity contribution >= 4 is 11.8 Å². The number of hydrogen-bond donors (Lipinski definition) is 7. The number of benzene rings is 2. The van der Waals surface area contributed by atoms with Gasteiger partial charge in [-0.3, -0.25) is 9.59 Å². The largest absolute Gasteiger partial charge is 0.504 e. The highest BCUT2D eigenvalue weighted by Gasteiger charge is 2.07. The lowest BCUT2D eigenvalue weighted by molar-refractivity contribution is -0.652. The third-order valence-electron chi connectivity index (χ3n) is 4.39. The Hall–Kier alpha value is -3.46. The van der Waals surface area contributed by atoms with Crippen LogP contribution in [0.25, 0.3) is 0 Å². The van der Waals surface area contributed by atoms with Gasteiger partial charge in [0.2, 0.25) is 11.8 Å². The molecule has 0 unspecified atom stereocenters. The van der Waals surface area contributed by atoms with Crippen LogP contribution in [0.2, 0.25) is 0 Å². The summed E-state index contributed by atoms with van der Waals surface area (Å²) in [6.07, 6.45) is 1.02.